The molecule has 0 spiro atoms. The fourth-order valence-electron chi connectivity index (χ4n) is 5.41. The molecule has 1 aliphatic carbocycles. The van der Waals surface area contributed by atoms with Crippen LogP contribution in [-0.4, -0.2) is 57.0 Å². The van der Waals surface area contributed by atoms with Gasteiger partial charge in [0.25, 0.3) is 5.91 Å². The Kier molecular flexibility index (Phi) is 4.46. The topological polar surface area (TPSA) is 88.8 Å². The van der Waals surface area contributed by atoms with E-state index in [2.05, 4.69) is 20.2 Å². The Morgan fingerprint density at radius 3 is 2.94 bits per heavy atom. The van der Waals surface area contributed by atoms with Crippen LogP contribution in [0.4, 0.5) is 19.7 Å². The lowest BCUT2D eigenvalue weighted by molar-refractivity contribution is -0.125. The number of hydrogen-bond acceptors (Lipinski definition) is 8. The zero-order valence-corrected chi connectivity index (χ0v) is 19.2. The number of anilines is 2. The van der Waals surface area contributed by atoms with E-state index in [4.69, 9.17) is 9.72 Å². The molecule has 35 heavy (non-hydrogen) atoms. The predicted molar refractivity (Wildman–Crippen MR) is 123 cm³/mol. The van der Waals surface area contributed by atoms with Gasteiger partial charge < -0.3 is 9.64 Å². The van der Waals surface area contributed by atoms with Gasteiger partial charge in [-0.3, -0.25) is 9.69 Å². The maximum atomic E-state index is 14.8. The van der Waals surface area contributed by atoms with E-state index in [9.17, 15) is 13.6 Å². The molecule has 1 aromatic carbocycles. The summed E-state index contributed by atoms with van der Waals surface area (Å²) in [5, 5.41) is 14.0. The molecule has 2 atom stereocenters. The summed E-state index contributed by atoms with van der Waals surface area (Å²) in [6, 6.07) is 5.51. The average Bonchev–Trinajstić information content (AvgIpc) is 3.21. The van der Waals surface area contributed by atoms with Crippen molar-refractivity contribution in [3.8, 4) is 10.6 Å². The van der Waals surface area contributed by atoms with Crippen molar-refractivity contribution in [2.45, 2.75) is 18.4 Å². The Hall–Kier alpha value is -3.51. The summed E-state index contributed by atoms with van der Waals surface area (Å²) in [5.74, 6) is -0.0531. The summed E-state index contributed by atoms with van der Waals surface area (Å²) in [7, 11) is 0. The summed E-state index contributed by atoms with van der Waals surface area (Å²) in [4.78, 5) is 20.7. The van der Waals surface area contributed by atoms with E-state index in [1.165, 1.54) is 23.5 Å². The maximum Gasteiger partial charge on any atom is 0.254 e. The van der Waals surface area contributed by atoms with Crippen molar-refractivity contribution in [2.24, 2.45) is 5.92 Å². The number of amides is 1. The van der Waals surface area contributed by atoms with Gasteiger partial charge in [-0.05, 0) is 43.0 Å². The lowest BCUT2D eigenvalue weighted by atomic mass is 10.0. The molecular formula is C23H19F2N7O2S. The van der Waals surface area contributed by atoms with Crippen LogP contribution in [-0.2, 0) is 15.1 Å². The quantitative estimate of drug-likeness (QED) is 0.430. The molecule has 0 bridgehead atoms. The van der Waals surface area contributed by atoms with Crippen LogP contribution in [0.3, 0.4) is 0 Å². The lowest BCUT2D eigenvalue weighted by Gasteiger charge is -2.30. The summed E-state index contributed by atoms with van der Waals surface area (Å²) in [6.07, 6.45) is 5.13. The van der Waals surface area contributed by atoms with E-state index in [0.717, 1.165) is 18.9 Å². The van der Waals surface area contributed by atoms with Crippen LogP contribution in [0.1, 0.15) is 18.4 Å². The number of piperidine rings is 1. The number of morpholine rings is 1. The van der Waals surface area contributed by atoms with Crippen molar-refractivity contribution < 1.29 is 18.3 Å². The summed E-state index contributed by atoms with van der Waals surface area (Å²) in [5.41, 5.74) is 1.08. The van der Waals surface area contributed by atoms with Gasteiger partial charge in [-0.2, -0.15) is 5.10 Å². The third-order valence-corrected chi connectivity index (χ3v) is 8.12. The fraction of sp³-hybridized carbons (Fsp3) is 0.348. The van der Waals surface area contributed by atoms with E-state index in [-0.39, 0.29) is 18.4 Å². The molecule has 5 heterocycles. The first-order valence-corrected chi connectivity index (χ1v) is 12.2. The van der Waals surface area contributed by atoms with E-state index in [0.29, 0.717) is 52.4 Å². The minimum atomic E-state index is -0.579. The van der Waals surface area contributed by atoms with Crippen LogP contribution >= 0.6 is 11.3 Å². The highest BCUT2D eigenvalue weighted by Crippen LogP contribution is 2.63. The Morgan fingerprint density at radius 2 is 2.09 bits per heavy atom. The van der Waals surface area contributed by atoms with Crippen molar-refractivity contribution in [3.05, 3.63) is 53.9 Å². The van der Waals surface area contributed by atoms with Crippen molar-refractivity contribution in [1.82, 2.24) is 24.8 Å². The second kappa shape index (κ2) is 7.49. The molecule has 0 N–H and O–H groups in total. The number of benzene rings is 1. The van der Waals surface area contributed by atoms with E-state index in [1.807, 2.05) is 6.07 Å². The zero-order valence-electron chi connectivity index (χ0n) is 18.4. The molecule has 0 unspecified atom stereocenters. The predicted octanol–water partition coefficient (Wildman–Crippen LogP) is 3.01. The van der Waals surface area contributed by atoms with Crippen LogP contribution in [0.25, 0.3) is 16.2 Å². The SMILES string of the molecule is O=C1COCCN1c1nnc(-c2cnn3ccc(N4CC[C@H]5C[C@]54c4cc(F)ccc4F)nc23)s1. The number of carbonyl (C=O) groups excluding carboxylic acids is 1. The normalized spacial score (nSPS) is 23.8. The number of fused-ring (bicyclic) bond motifs is 2. The van der Waals surface area contributed by atoms with Crippen LogP contribution in [0.15, 0.2) is 36.7 Å². The zero-order chi connectivity index (χ0) is 23.7. The molecule has 2 saturated heterocycles. The van der Waals surface area contributed by atoms with Gasteiger partial charge in [-0.1, -0.05) is 11.3 Å². The molecule has 1 amide bonds. The lowest BCUT2D eigenvalue weighted by Crippen LogP contribution is -2.41. The van der Waals surface area contributed by atoms with Gasteiger partial charge in [-0.15, -0.1) is 10.2 Å². The first-order valence-electron chi connectivity index (χ1n) is 11.3. The minimum Gasteiger partial charge on any atom is -0.370 e. The van der Waals surface area contributed by atoms with Gasteiger partial charge in [0.15, 0.2) is 10.7 Å². The number of nitrogens with zero attached hydrogens (tertiary/aromatic N) is 7. The molecule has 3 fully saturated rings. The Labute approximate surface area is 202 Å². The van der Waals surface area contributed by atoms with Crippen molar-refractivity contribution in [3.63, 3.8) is 0 Å². The minimum absolute atomic E-state index is 0.0288. The van der Waals surface area contributed by atoms with Gasteiger partial charge in [0, 0.05) is 18.3 Å². The van der Waals surface area contributed by atoms with Crippen molar-refractivity contribution in [2.75, 3.05) is 36.1 Å². The maximum absolute atomic E-state index is 14.8. The Balaban J connectivity index is 1.26. The van der Waals surface area contributed by atoms with Gasteiger partial charge >= 0.3 is 0 Å². The standard InChI is InChI=1S/C23H19F2N7O2S/c24-14-1-2-17(25)16(9-14)23-10-13(23)3-5-31(23)18-4-6-32-20(27-18)15(11-26-32)21-28-29-22(35-21)30-7-8-34-12-19(30)33/h1-2,4,6,9,11,13H,3,5,7-8,10,12H2/t13-,23+/m0/s1. The number of rotatable bonds is 4. The van der Waals surface area contributed by atoms with E-state index < -0.39 is 17.2 Å². The second-order valence-corrected chi connectivity index (χ2v) is 9.95. The fourth-order valence-corrected chi connectivity index (χ4v) is 6.30. The molecule has 178 valence electrons. The number of carbonyl (C=O) groups is 1. The smallest absolute Gasteiger partial charge is 0.254 e. The first kappa shape index (κ1) is 20.8. The Bertz CT molecular complexity index is 1490. The highest BCUT2D eigenvalue weighted by Gasteiger charge is 2.64. The van der Waals surface area contributed by atoms with Crippen LogP contribution in [0, 0.1) is 17.6 Å². The summed E-state index contributed by atoms with van der Waals surface area (Å²) >= 11 is 1.29. The number of halogens is 2. The van der Waals surface area contributed by atoms with Gasteiger partial charge in [-0.25, -0.2) is 18.3 Å². The average molecular weight is 496 g/mol. The van der Waals surface area contributed by atoms with Crippen LogP contribution in [0.2, 0.25) is 0 Å². The number of aromatic nitrogens is 5. The van der Waals surface area contributed by atoms with Crippen LogP contribution < -0.4 is 9.80 Å². The monoisotopic (exact) mass is 495 g/mol. The molecule has 7 rings (SSSR count). The molecule has 1 saturated carbocycles. The van der Waals surface area contributed by atoms with E-state index in [1.54, 1.807) is 21.8 Å². The summed E-state index contributed by atoms with van der Waals surface area (Å²) < 4.78 is 35.6. The van der Waals surface area contributed by atoms with Gasteiger partial charge in [0.1, 0.15) is 24.1 Å². The van der Waals surface area contributed by atoms with E-state index >= 15 is 0 Å². The van der Waals surface area contributed by atoms with Crippen molar-refractivity contribution in [1.29, 1.82) is 0 Å². The molecule has 4 aromatic rings. The summed E-state index contributed by atoms with van der Waals surface area (Å²) in [6.45, 7) is 1.61. The third kappa shape index (κ3) is 3.09. The second-order valence-electron chi connectivity index (χ2n) is 8.99. The largest absolute Gasteiger partial charge is 0.370 e. The van der Waals surface area contributed by atoms with Gasteiger partial charge in [0.05, 0.1) is 30.5 Å². The molecule has 2 aliphatic heterocycles. The molecule has 9 nitrogen and oxygen atoms in total. The number of hydrogen-bond donors (Lipinski definition) is 0. The first-order chi connectivity index (χ1) is 17.0. The molecule has 12 heteroatoms. The molecule has 3 aliphatic rings. The number of ether oxygens (including phenoxy) is 1. The molecule has 3 aromatic heterocycles. The van der Waals surface area contributed by atoms with Gasteiger partial charge in [0.2, 0.25) is 5.13 Å². The molecule has 0 radical (unpaired) electrons. The van der Waals surface area contributed by atoms with Crippen molar-refractivity contribution >= 4 is 33.8 Å². The van der Waals surface area contributed by atoms with Crippen LogP contribution in [0.5, 0.6) is 0 Å². The highest BCUT2D eigenvalue weighted by atomic mass is 32.1. The third-order valence-electron chi connectivity index (χ3n) is 7.14. The Morgan fingerprint density at radius 1 is 1.17 bits per heavy atom. The molecular weight excluding hydrogens is 476 g/mol. The highest BCUT2D eigenvalue weighted by molar-refractivity contribution is 7.18.